The Kier molecular flexibility index (Phi) is 3.59. The Morgan fingerprint density at radius 2 is 2.35 bits per heavy atom. The zero-order valence-electron chi connectivity index (χ0n) is 10.4. The molecule has 1 N–H and O–H groups in total. The number of aromatic nitrogens is 3. The third kappa shape index (κ3) is 2.56. The van der Waals surface area contributed by atoms with Gasteiger partial charge in [0.1, 0.15) is 0 Å². The lowest BCUT2D eigenvalue weighted by Crippen LogP contribution is -2.13. The molecule has 0 aliphatic rings. The van der Waals surface area contributed by atoms with Gasteiger partial charge in [-0.05, 0) is 36.7 Å². The fourth-order valence-corrected chi connectivity index (χ4v) is 2.24. The van der Waals surface area contributed by atoms with Gasteiger partial charge in [-0.1, -0.05) is 6.92 Å². The van der Waals surface area contributed by atoms with Crippen LogP contribution < -0.4 is 0 Å². The van der Waals surface area contributed by atoms with Gasteiger partial charge in [0, 0.05) is 19.9 Å². The van der Waals surface area contributed by atoms with Gasteiger partial charge in [-0.25, -0.2) is 4.98 Å². The van der Waals surface area contributed by atoms with E-state index in [0.29, 0.717) is 5.92 Å². The monoisotopic (exact) mass is 251 g/mol. The van der Waals surface area contributed by atoms with Crippen LogP contribution in [-0.4, -0.2) is 28.3 Å². The smallest absolute Gasteiger partial charge is 0.179 e. The average Bonchev–Trinajstić information content (AvgIpc) is 2.55. The predicted molar refractivity (Wildman–Crippen MR) is 70.7 cm³/mol. The fourth-order valence-electron chi connectivity index (χ4n) is 1.97. The maximum Gasteiger partial charge on any atom is 0.179 e. The molecule has 0 aliphatic heterocycles. The van der Waals surface area contributed by atoms with Gasteiger partial charge < -0.3 is 14.3 Å². The number of methoxy groups -OCH3 is 1. The van der Waals surface area contributed by atoms with Crippen LogP contribution in [-0.2, 0) is 11.3 Å². The highest BCUT2D eigenvalue weighted by Gasteiger charge is 2.09. The van der Waals surface area contributed by atoms with E-state index in [0.717, 1.165) is 34.7 Å². The largest absolute Gasteiger partial charge is 0.384 e. The van der Waals surface area contributed by atoms with E-state index >= 15 is 0 Å². The van der Waals surface area contributed by atoms with Gasteiger partial charge in [-0.2, -0.15) is 0 Å². The molecule has 0 aliphatic carbocycles. The summed E-state index contributed by atoms with van der Waals surface area (Å²) >= 11 is 5.33. The van der Waals surface area contributed by atoms with Crippen molar-refractivity contribution < 1.29 is 4.74 Å². The fraction of sp³-hybridized carbons (Fsp3) is 0.500. The number of hydrogen-bond acceptors (Lipinski definition) is 3. The molecule has 0 fully saturated rings. The Morgan fingerprint density at radius 3 is 3.06 bits per heavy atom. The minimum absolute atomic E-state index is 0.411. The van der Waals surface area contributed by atoms with E-state index in [1.807, 2.05) is 17.7 Å². The molecule has 5 heteroatoms. The highest BCUT2D eigenvalue weighted by Crippen LogP contribution is 2.14. The van der Waals surface area contributed by atoms with Crippen LogP contribution in [0.3, 0.4) is 0 Å². The SMILES string of the molecule is COCC(C)Cn1c(=S)[nH]c2cc(C)cnc21. The van der Waals surface area contributed by atoms with E-state index in [4.69, 9.17) is 17.0 Å². The highest BCUT2D eigenvalue weighted by atomic mass is 32.1. The van der Waals surface area contributed by atoms with Crippen LogP contribution in [0.4, 0.5) is 0 Å². The quantitative estimate of drug-likeness (QED) is 0.850. The predicted octanol–water partition coefficient (Wildman–Crippen LogP) is 2.68. The summed E-state index contributed by atoms with van der Waals surface area (Å²) in [5, 5.41) is 0. The normalized spacial score (nSPS) is 13.1. The van der Waals surface area contributed by atoms with Crippen molar-refractivity contribution in [1.29, 1.82) is 0 Å². The summed E-state index contributed by atoms with van der Waals surface area (Å²) in [6.07, 6.45) is 1.86. The number of hydrogen-bond donors (Lipinski definition) is 1. The van der Waals surface area contributed by atoms with Crippen LogP contribution in [0, 0.1) is 17.6 Å². The summed E-state index contributed by atoms with van der Waals surface area (Å²) in [5.74, 6) is 0.411. The van der Waals surface area contributed by atoms with Gasteiger partial charge in [0.05, 0.1) is 12.1 Å². The summed E-state index contributed by atoms with van der Waals surface area (Å²) in [7, 11) is 1.71. The number of H-pyrrole nitrogens is 1. The van der Waals surface area contributed by atoms with Crippen LogP contribution in [0.2, 0.25) is 0 Å². The maximum atomic E-state index is 5.33. The molecule has 1 unspecified atom stereocenters. The Hall–Kier alpha value is -1.20. The van der Waals surface area contributed by atoms with Gasteiger partial charge >= 0.3 is 0 Å². The summed E-state index contributed by atoms with van der Waals surface area (Å²) < 4.78 is 7.90. The van der Waals surface area contributed by atoms with Crippen molar-refractivity contribution in [3.63, 3.8) is 0 Å². The molecule has 2 aromatic rings. The summed E-state index contributed by atoms with van der Waals surface area (Å²) in [5.41, 5.74) is 3.05. The standard InChI is InChI=1S/C12H17N3OS/c1-8-4-10-11(13-5-8)15(12(17)14-10)6-9(2)7-16-3/h4-5,9H,6-7H2,1-3H3,(H,14,17). The lowest BCUT2D eigenvalue weighted by Gasteiger charge is -2.11. The number of aromatic amines is 1. The summed E-state index contributed by atoms with van der Waals surface area (Å²) in [6.45, 7) is 5.70. The van der Waals surface area contributed by atoms with Gasteiger partial charge in [0.15, 0.2) is 10.4 Å². The number of nitrogens with zero attached hydrogens (tertiary/aromatic N) is 2. The number of rotatable bonds is 4. The van der Waals surface area contributed by atoms with Crippen LogP contribution in [0.25, 0.3) is 11.2 Å². The summed E-state index contributed by atoms with van der Waals surface area (Å²) in [6, 6.07) is 2.07. The van der Waals surface area contributed by atoms with Crippen LogP contribution in [0.15, 0.2) is 12.3 Å². The highest BCUT2D eigenvalue weighted by molar-refractivity contribution is 7.71. The molecule has 2 rings (SSSR count). The molecule has 0 radical (unpaired) electrons. The molecular formula is C12H17N3OS. The van der Waals surface area contributed by atoms with E-state index in [2.05, 4.69) is 23.0 Å². The van der Waals surface area contributed by atoms with E-state index < -0.39 is 0 Å². The van der Waals surface area contributed by atoms with E-state index in [9.17, 15) is 0 Å². The molecule has 4 nitrogen and oxygen atoms in total. The Bertz CT molecular complexity index is 573. The van der Waals surface area contributed by atoms with Gasteiger partial charge in [-0.3, -0.25) is 0 Å². The third-order valence-corrected chi connectivity index (χ3v) is 3.01. The third-order valence-electron chi connectivity index (χ3n) is 2.69. The first-order valence-electron chi connectivity index (χ1n) is 5.66. The Morgan fingerprint density at radius 1 is 1.59 bits per heavy atom. The van der Waals surface area contributed by atoms with E-state index in [1.165, 1.54) is 0 Å². The maximum absolute atomic E-state index is 5.33. The number of nitrogens with one attached hydrogen (secondary N) is 1. The van der Waals surface area contributed by atoms with Crippen molar-refractivity contribution in [1.82, 2.24) is 14.5 Å². The van der Waals surface area contributed by atoms with Gasteiger partial charge in [-0.15, -0.1) is 0 Å². The molecule has 0 aromatic carbocycles. The van der Waals surface area contributed by atoms with E-state index in [1.54, 1.807) is 7.11 Å². The number of fused-ring (bicyclic) bond motifs is 1. The van der Waals surface area contributed by atoms with Crippen molar-refractivity contribution in [2.75, 3.05) is 13.7 Å². The molecule has 2 heterocycles. The second-order valence-corrected chi connectivity index (χ2v) is 4.87. The number of pyridine rings is 1. The molecule has 0 saturated heterocycles. The molecular weight excluding hydrogens is 234 g/mol. The molecule has 1 atom stereocenters. The van der Waals surface area contributed by atoms with Crippen molar-refractivity contribution in [2.24, 2.45) is 5.92 Å². The van der Waals surface area contributed by atoms with Crippen LogP contribution in [0.5, 0.6) is 0 Å². The molecule has 0 saturated carbocycles. The van der Waals surface area contributed by atoms with Crippen molar-refractivity contribution in [3.05, 3.63) is 22.6 Å². The van der Waals surface area contributed by atoms with Gasteiger partial charge in [0.2, 0.25) is 0 Å². The van der Waals surface area contributed by atoms with Crippen molar-refractivity contribution >= 4 is 23.4 Å². The van der Waals surface area contributed by atoms with Crippen LogP contribution >= 0.6 is 12.2 Å². The number of aryl methyl sites for hydroxylation is 1. The lowest BCUT2D eigenvalue weighted by molar-refractivity contribution is 0.151. The Balaban J connectivity index is 2.40. The second-order valence-electron chi connectivity index (χ2n) is 4.49. The lowest BCUT2D eigenvalue weighted by atomic mass is 10.2. The zero-order chi connectivity index (χ0) is 12.4. The number of imidazole rings is 1. The molecule has 92 valence electrons. The number of ether oxygens (including phenoxy) is 1. The summed E-state index contributed by atoms with van der Waals surface area (Å²) in [4.78, 5) is 7.63. The Labute approximate surface area is 106 Å². The average molecular weight is 251 g/mol. The van der Waals surface area contributed by atoms with Gasteiger partial charge in [0.25, 0.3) is 0 Å². The first-order valence-corrected chi connectivity index (χ1v) is 6.06. The minimum Gasteiger partial charge on any atom is -0.384 e. The molecule has 0 spiro atoms. The molecule has 2 aromatic heterocycles. The molecule has 17 heavy (non-hydrogen) atoms. The van der Waals surface area contributed by atoms with Crippen LogP contribution in [0.1, 0.15) is 12.5 Å². The van der Waals surface area contributed by atoms with Crippen molar-refractivity contribution in [3.8, 4) is 0 Å². The minimum atomic E-state index is 0.411. The molecule has 0 bridgehead atoms. The van der Waals surface area contributed by atoms with E-state index in [-0.39, 0.29) is 0 Å². The molecule has 0 amide bonds. The first-order chi connectivity index (χ1) is 8.11. The first kappa shape index (κ1) is 12.3. The second kappa shape index (κ2) is 4.98. The topological polar surface area (TPSA) is 42.8 Å². The van der Waals surface area contributed by atoms with Crippen molar-refractivity contribution in [2.45, 2.75) is 20.4 Å². The zero-order valence-corrected chi connectivity index (χ0v) is 11.2.